The Morgan fingerprint density at radius 1 is 1.09 bits per heavy atom. The second kappa shape index (κ2) is 6.76. The van der Waals surface area contributed by atoms with Crippen molar-refractivity contribution in [2.24, 2.45) is 0 Å². The summed E-state index contributed by atoms with van der Waals surface area (Å²) in [5.74, 6) is 0. The van der Waals surface area contributed by atoms with Gasteiger partial charge in [0.25, 0.3) is 0 Å². The fourth-order valence-electron chi connectivity index (χ4n) is 2.91. The van der Waals surface area contributed by atoms with Gasteiger partial charge in [0.05, 0.1) is 4.90 Å². The molecule has 9 heteroatoms. The smallest absolute Gasteiger partial charge is 0.240 e. The summed E-state index contributed by atoms with van der Waals surface area (Å²) >= 11 is 11.8. The quantitative estimate of drug-likeness (QED) is 0.891. The van der Waals surface area contributed by atoms with Gasteiger partial charge in [0.1, 0.15) is 12.7 Å². The minimum Gasteiger partial charge on any atom is -0.317 e. The predicted octanol–water partition coefficient (Wildman–Crippen LogP) is 3.05. The fraction of sp³-hybridized carbons (Fsp3) is 0.429. The summed E-state index contributed by atoms with van der Waals surface area (Å²) in [4.78, 5) is 0.0846. The molecule has 124 valence electrons. The standard InChI is InChI=1S/C14H16Cl2N4O2S/c15-10-4-11(16)6-14(5-10)23(21,22)19-12-2-1-3-13(7-12)20-8-17-18-9-20/h4-6,8-9,12-13,19H,1-3,7H2. The van der Waals surface area contributed by atoms with Crippen LogP contribution in [0.5, 0.6) is 0 Å². The summed E-state index contributed by atoms with van der Waals surface area (Å²) in [6.45, 7) is 0. The van der Waals surface area contributed by atoms with Crippen molar-refractivity contribution in [2.45, 2.75) is 42.7 Å². The van der Waals surface area contributed by atoms with Crippen LogP contribution >= 0.6 is 23.2 Å². The van der Waals surface area contributed by atoms with Crippen molar-refractivity contribution >= 4 is 33.2 Å². The second-order valence-corrected chi connectivity index (χ2v) is 8.24. The molecule has 0 spiro atoms. The van der Waals surface area contributed by atoms with Crippen molar-refractivity contribution in [3.05, 3.63) is 40.9 Å². The molecule has 1 heterocycles. The van der Waals surface area contributed by atoms with Gasteiger partial charge in [0.15, 0.2) is 0 Å². The third-order valence-electron chi connectivity index (χ3n) is 3.97. The minimum absolute atomic E-state index is 0.0846. The lowest BCUT2D eigenvalue weighted by molar-refractivity contribution is 0.305. The summed E-state index contributed by atoms with van der Waals surface area (Å²) in [6, 6.07) is 4.37. The molecule has 2 unspecified atom stereocenters. The van der Waals surface area contributed by atoms with Crippen molar-refractivity contribution in [2.75, 3.05) is 0 Å². The molecule has 1 aromatic heterocycles. The first-order valence-corrected chi connectivity index (χ1v) is 9.50. The van der Waals surface area contributed by atoms with Gasteiger partial charge in [0.2, 0.25) is 10.0 Å². The van der Waals surface area contributed by atoms with Crippen LogP contribution < -0.4 is 4.72 Å². The van der Waals surface area contributed by atoms with Crippen LogP contribution in [0.4, 0.5) is 0 Å². The monoisotopic (exact) mass is 374 g/mol. The summed E-state index contributed by atoms with van der Waals surface area (Å²) < 4.78 is 29.8. The molecule has 3 rings (SSSR count). The van der Waals surface area contributed by atoms with E-state index in [0.717, 1.165) is 19.3 Å². The number of hydrogen-bond acceptors (Lipinski definition) is 4. The van der Waals surface area contributed by atoms with E-state index in [2.05, 4.69) is 14.9 Å². The van der Waals surface area contributed by atoms with Crippen molar-refractivity contribution in [1.82, 2.24) is 19.5 Å². The first-order valence-electron chi connectivity index (χ1n) is 7.26. The Morgan fingerprint density at radius 3 is 2.39 bits per heavy atom. The van der Waals surface area contributed by atoms with E-state index in [0.29, 0.717) is 16.5 Å². The molecule has 1 N–H and O–H groups in total. The number of benzene rings is 1. The average Bonchev–Trinajstić information content (AvgIpc) is 3.00. The van der Waals surface area contributed by atoms with Crippen LogP contribution in [0.2, 0.25) is 10.0 Å². The van der Waals surface area contributed by atoms with E-state index in [9.17, 15) is 8.42 Å². The maximum atomic E-state index is 12.5. The molecule has 1 aliphatic rings. The summed E-state index contributed by atoms with van der Waals surface area (Å²) in [5, 5.41) is 8.21. The number of hydrogen-bond donors (Lipinski definition) is 1. The Balaban J connectivity index is 1.75. The molecule has 1 saturated carbocycles. The molecule has 0 radical (unpaired) electrons. The number of nitrogens with zero attached hydrogens (tertiary/aromatic N) is 3. The van der Waals surface area contributed by atoms with Crippen LogP contribution in [0.15, 0.2) is 35.7 Å². The third kappa shape index (κ3) is 4.03. The van der Waals surface area contributed by atoms with Crippen LogP contribution in [0.25, 0.3) is 0 Å². The topological polar surface area (TPSA) is 76.9 Å². The van der Waals surface area contributed by atoms with Crippen molar-refractivity contribution in [1.29, 1.82) is 0 Å². The van der Waals surface area contributed by atoms with Gasteiger partial charge in [-0.2, -0.15) is 0 Å². The lowest BCUT2D eigenvalue weighted by Gasteiger charge is -2.30. The largest absolute Gasteiger partial charge is 0.317 e. The fourth-order valence-corrected chi connectivity index (χ4v) is 4.92. The highest BCUT2D eigenvalue weighted by molar-refractivity contribution is 7.89. The highest BCUT2D eigenvalue weighted by atomic mass is 35.5. The van der Waals surface area contributed by atoms with Crippen molar-refractivity contribution < 1.29 is 8.42 Å². The molecule has 6 nitrogen and oxygen atoms in total. The highest BCUT2D eigenvalue weighted by Crippen LogP contribution is 2.29. The lowest BCUT2D eigenvalue weighted by Crippen LogP contribution is -2.38. The molecule has 0 amide bonds. The molecule has 2 aromatic rings. The van der Waals surface area contributed by atoms with Crippen molar-refractivity contribution in [3.8, 4) is 0 Å². The van der Waals surface area contributed by atoms with Gasteiger partial charge in [0, 0.05) is 22.1 Å². The van der Waals surface area contributed by atoms with E-state index < -0.39 is 10.0 Å². The van der Waals surface area contributed by atoms with Gasteiger partial charge < -0.3 is 4.57 Å². The highest BCUT2D eigenvalue weighted by Gasteiger charge is 2.27. The number of sulfonamides is 1. The van der Waals surface area contributed by atoms with Gasteiger partial charge in [-0.15, -0.1) is 10.2 Å². The molecular weight excluding hydrogens is 359 g/mol. The molecule has 0 aliphatic heterocycles. The van der Waals surface area contributed by atoms with Gasteiger partial charge in [-0.05, 0) is 43.9 Å². The van der Waals surface area contributed by atoms with Crippen LogP contribution in [-0.2, 0) is 10.0 Å². The SMILES string of the molecule is O=S(=O)(NC1CCCC(n2cnnc2)C1)c1cc(Cl)cc(Cl)c1. The van der Waals surface area contributed by atoms with Crippen LogP contribution in [0.1, 0.15) is 31.7 Å². The summed E-state index contributed by atoms with van der Waals surface area (Å²) in [5.41, 5.74) is 0. The Labute approximate surface area is 144 Å². The molecule has 2 atom stereocenters. The molecule has 1 aliphatic carbocycles. The zero-order valence-electron chi connectivity index (χ0n) is 12.2. The Hall–Kier alpha value is -1.15. The van der Waals surface area contributed by atoms with E-state index in [-0.39, 0.29) is 17.0 Å². The average molecular weight is 375 g/mol. The normalized spacial score (nSPS) is 22.2. The molecule has 1 aromatic carbocycles. The maximum Gasteiger partial charge on any atom is 0.240 e. The van der Waals surface area contributed by atoms with E-state index in [1.807, 2.05) is 4.57 Å². The molecular formula is C14H16Cl2N4O2S. The molecule has 0 saturated heterocycles. The van der Waals surface area contributed by atoms with Crippen molar-refractivity contribution in [3.63, 3.8) is 0 Å². The van der Waals surface area contributed by atoms with E-state index in [4.69, 9.17) is 23.2 Å². The minimum atomic E-state index is -3.66. The second-order valence-electron chi connectivity index (χ2n) is 5.65. The number of halogens is 2. The summed E-state index contributed by atoms with van der Waals surface area (Å²) in [6.07, 6.45) is 6.75. The molecule has 1 fully saturated rings. The van der Waals surface area contributed by atoms with Gasteiger partial charge >= 0.3 is 0 Å². The van der Waals surface area contributed by atoms with Gasteiger partial charge in [-0.25, -0.2) is 13.1 Å². The van der Waals surface area contributed by atoms with Crippen LogP contribution in [0.3, 0.4) is 0 Å². The van der Waals surface area contributed by atoms with E-state index >= 15 is 0 Å². The Bertz CT molecular complexity index is 760. The van der Waals surface area contributed by atoms with E-state index in [1.54, 1.807) is 12.7 Å². The Morgan fingerprint density at radius 2 is 1.74 bits per heavy atom. The van der Waals surface area contributed by atoms with Crippen LogP contribution in [0, 0.1) is 0 Å². The molecule has 23 heavy (non-hydrogen) atoms. The summed E-state index contributed by atoms with van der Waals surface area (Å²) in [7, 11) is -3.66. The molecule has 0 bridgehead atoms. The first-order chi connectivity index (χ1) is 10.9. The number of nitrogens with one attached hydrogen (secondary N) is 1. The maximum absolute atomic E-state index is 12.5. The van der Waals surface area contributed by atoms with Crippen LogP contribution in [-0.4, -0.2) is 29.2 Å². The lowest BCUT2D eigenvalue weighted by atomic mass is 9.91. The predicted molar refractivity (Wildman–Crippen MR) is 88.1 cm³/mol. The zero-order chi connectivity index (χ0) is 16.4. The Kier molecular flexibility index (Phi) is 4.91. The number of rotatable bonds is 4. The van der Waals surface area contributed by atoms with Gasteiger partial charge in [-0.3, -0.25) is 0 Å². The van der Waals surface area contributed by atoms with E-state index in [1.165, 1.54) is 18.2 Å². The number of aromatic nitrogens is 3. The zero-order valence-corrected chi connectivity index (χ0v) is 14.5. The van der Waals surface area contributed by atoms with Gasteiger partial charge in [-0.1, -0.05) is 23.2 Å². The third-order valence-corrected chi connectivity index (χ3v) is 5.91. The first kappa shape index (κ1) is 16.7.